The lowest BCUT2D eigenvalue weighted by molar-refractivity contribution is -0.118. The van der Waals surface area contributed by atoms with Gasteiger partial charge in [0.25, 0.3) is 5.91 Å². The van der Waals surface area contributed by atoms with E-state index < -0.39 is 0 Å². The SMILES string of the molecule is COCCSCC(=O)NCCNC(=O)c1ccco1. The van der Waals surface area contributed by atoms with E-state index in [-0.39, 0.29) is 17.6 Å². The van der Waals surface area contributed by atoms with Gasteiger partial charge in [0.15, 0.2) is 5.76 Å². The van der Waals surface area contributed by atoms with Gasteiger partial charge in [-0.05, 0) is 12.1 Å². The average molecular weight is 286 g/mol. The predicted octanol–water partition coefficient (Wildman–Crippen LogP) is 0.505. The van der Waals surface area contributed by atoms with Crippen LogP contribution in [0, 0.1) is 0 Å². The molecule has 0 bridgehead atoms. The highest BCUT2D eigenvalue weighted by Crippen LogP contribution is 1.99. The van der Waals surface area contributed by atoms with Crippen LogP contribution in [0.2, 0.25) is 0 Å². The van der Waals surface area contributed by atoms with Gasteiger partial charge in [-0.2, -0.15) is 0 Å². The smallest absolute Gasteiger partial charge is 0.287 e. The number of carbonyl (C=O) groups is 2. The highest BCUT2D eigenvalue weighted by molar-refractivity contribution is 7.99. The summed E-state index contributed by atoms with van der Waals surface area (Å²) < 4.78 is 9.81. The van der Waals surface area contributed by atoms with Crippen molar-refractivity contribution >= 4 is 23.6 Å². The van der Waals surface area contributed by atoms with Crippen LogP contribution in [-0.2, 0) is 9.53 Å². The number of carbonyl (C=O) groups excluding carboxylic acids is 2. The molecule has 2 N–H and O–H groups in total. The Bertz CT molecular complexity index is 381. The molecule has 0 saturated heterocycles. The maximum atomic E-state index is 11.5. The van der Waals surface area contributed by atoms with Crippen molar-refractivity contribution in [1.29, 1.82) is 0 Å². The molecule has 19 heavy (non-hydrogen) atoms. The third kappa shape index (κ3) is 6.88. The lowest BCUT2D eigenvalue weighted by atomic mass is 10.4. The number of thioether (sulfide) groups is 1. The largest absolute Gasteiger partial charge is 0.459 e. The molecular weight excluding hydrogens is 268 g/mol. The van der Waals surface area contributed by atoms with Crippen molar-refractivity contribution in [2.24, 2.45) is 0 Å². The Morgan fingerprint density at radius 1 is 1.37 bits per heavy atom. The monoisotopic (exact) mass is 286 g/mol. The molecule has 0 fully saturated rings. The molecule has 0 atom stereocenters. The van der Waals surface area contributed by atoms with E-state index >= 15 is 0 Å². The van der Waals surface area contributed by atoms with Gasteiger partial charge < -0.3 is 19.8 Å². The summed E-state index contributed by atoms with van der Waals surface area (Å²) in [5, 5.41) is 5.36. The lowest BCUT2D eigenvalue weighted by Gasteiger charge is -2.06. The molecular formula is C12H18N2O4S. The summed E-state index contributed by atoms with van der Waals surface area (Å²) in [6, 6.07) is 3.23. The Hall–Kier alpha value is -1.47. The van der Waals surface area contributed by atoms with Crippen LogP contribution in [0.5, 0.6) is 0 Å². The number of amides is 2. The normalized spacial score (nSPS) is 10.2. The van der Waals surface area contributed by atoms with E-state index in [0.29, 0.717) is 25.4 Å². The number of rotatable bonds is 9. The molecule has 2 amide bonds. The van der Waals surface area contributed by atoms with Gasteiger partial charge in [-0.15, -0.1) is 11.8 Å². The molecule has 106 valence electrons. The first kappa shape index (κ1) is 15.6. The fourth-order valence-electron chi connectivity index (χ4n) is 1.23. The van der Waals surface area contributed by atoms with Crippen molar-refractivity contribution in [2.45, 2.75) is 0 Å². The fourth-order valence-corrected chi connectivity index (χ4v) is 1.95. The van der Waals surface area contributed by atoms with Crippen molar-refractivity contribution in [3.05, 3.63) is 24.2 Å². The summed E-state index contributed by atoms with van der Waals surface area (Å²) in [6.45, 7) is 1.40. The molecule has 7 heteroatoms. The molecule has 6 nitrogen and oxygen atoms in total. The first-order valence-electron chi connectivity index (χ1n) is 5.89. The zero-order valence-electron chi connectivity index (χ0n) is 10.8. The van der Waals surface area contributed by atoms with Gasteiger partial charge in [0.05, 0.1) is 18.6 Å². The molecule has 1 heterocycles. The zero-order chi connectivity index (χ0) is 13.9. The molecule has 0 unspecified atom stereocenters. The molecule has 0 aromatic carbocycles. The van der Waals surface area contributed by atoms with Crippen LogP contribution < -0.4 is 10.6 Å². The minimum atomic E-state index is -0.284. The second-order valence-corrected chi connectivity index (χ2v) is 4.73. The lowest BCUT2D eigenvalue weighted by Crippen LogP contribution is -2.35. The minimum absolute atomic E-state index is 0.0478. The zero-order valence-corrected chi connectivity index (χ0v) is 11.6. The highest BCUT2D eigenvalue weighted by Gasteiger charge is 2.07. The van der Waals surface area contributed by atoms with E-state index in [1.807, 2.05) is 0 Å². The summed E-state index contributed by atoms with van der Waals surface area (Å²) in [5.41, 5.74) is 0. The van der Waals surface area contributed by atoms with E-state index in [1.165, 1.54) is 18.0 Å². The summed E-state index contributed by atoms with van der Waals surface area (Å²) in [4.78, 5) is 22.8. The molecule has 0 spiro atoms. The van der Waals surface area contributed by atoms with E-state index in [0.717, 1.165) is 5.75 Å². The number of methoxy groups -OCH3 is 1. The predicted molar refractivity (Wildman–Crippen MR) is 73.3 cm³/mol. The number of nitrogens with one attached hydrogen (secondary N) is 2. The summed E-state index contributed by atoms with van der Waals surface area (Å²) >= 11 is 1.51. The van der Waals surface area contributed by atoms with Crippen molar-refractivity contribution in [3.8, 4) is 0 Å². The fraction of sp³-hybridized carbons (Fsp3) is 0.500. The summed E-state index contributed by atoms with van der Waals surface area (Å²) in [5.74, 6) is 1.12. The van der Waals surface area contributed by atoms with Crippen molar-refractivity contribution < 1.29 is 18.7 Å². The summed E-state index contributed by atoms with van der Waals surface area (Å²) in [7, 11) is 1.63. The van der Waals surface area contributed by atoms with E-state index in [2.05, 4.69) is 10.6 Å². The van der Waals surface area contributed by atoms with Crippen LogP contribution >= 0.6 is 11.8 Å². The van der Waals surface area contributed by atoms with Gasteiger partial charge >= 0.3 is 0 Å². The van der Waals surface area contributed by atoms with Crippen LogP contribution in [0.15, 0.2) is 22.8 Å². The van der Waals surface area contributed by atoms with Crippen LogP contribution in [0.25, 0.3) is 0 Å². The van der Waals surface area contributed by atoms with Gasteiger partial charge in [-0.3, -0.25) is 9.59 Å². The van der Waals surface area contributed by atoms with Gasteiger partial charge in [0.2, 0.25) is 5.91 Å². The number of hydrogen-bond acceptors (Lipinski definition) is 5. The highest BCUT2D eigenvalue weighted by atomic mass is 32.2. The van der Waals surface area contributed by atoms with E-state index in [9.17, 15) is 9.59 Å². The van der Waals surface area contributed by atoms with Gasteiger partial charge in [0, 0.05) is 26.0 Å². The molecule has 1 aromatic rings. The summed E-state index contributed by atoms with van der Waals surface area (Å²) in [6.07, 6.45) is 1.44. The van der Waals surface area contributed by atoms with Crippen LogP contribution in [-0.4, -0.2) is 50.1 Å². The van der Waals surface area contributed by atoms with Crippen molar-refractivity contribution in [2.75, 3.05) is 38.3 Å². The third-order valence-corrected chi connectivity index (χ3v) is 3.06. The number of ether oxygens (including phenoxy) is 1. The first-order chi connectivity index (χ1) is 9.24. The molecule has 0 saturated carbocycles. The molecule has 0 aliphatic carbocycles. The number of hydrogen-bond donors (Lipinski definition) is 2. The van der Waals surface area contributed by atoms with Crippen LogP contribution in [0.1, 0.15) is 10.6 Å². The van der Waals surface area contributed by atoms with Gasteiger partial charge in [-0.1, -0.05) is 0 Å². The second kappa shape index (κ2) is 9.46. The van der Waals surface area contributed by atoms with Crippen LogP contribution in [0.3, 0.4) is 0 Å². The second-order valence-electron chi connectivity index (χ2n) is 3.63. The quantitative estimate of drug-likeness (QED) is 0.646. The maximum Gasteiger partial charge on any atom is 0.287 e. The Labute approximate surface area is 116 Å². The van der Waals surface area contributed by atoms with Gasteiger partial charge in [0.1, 0.15) is 0 Å². The minimum Gasteiger partial charge on any atom is -0.459 e. The van der Waals surface area contributed by atoms with Gasteiger partial charge in [-0.25, -0.2) is 0 Å². The number of furan rings is 1. The maximum absolute atomic E-state index is 11.5. The Balaban J connectivity index is 2.01. The Morgan fingerprint density at radius 2 is 2.16 bits per heavy atom. The first-order valence-corrected chi connectivity index (χ1v) is 7.04. The average Bonchev–Trinajstić information content (AvgIpc) is 2.93. The molecule has 0 radical (unpaired) electrons. The molecule has 0 aliphatic heterocycles. The molecule has 1 aromatic heterocycles. The van der Waals surface area contributed by atoms with Crippen molar-refractivity contribution in [3.63, 3.8) is 0 Å². The third-order valence-electron chi connectivity index (χ3n) is 2.14. The van der Waals surface area contributed by atoms with Crippen molar-refractivity contribution in [1.82, 2.24) is 10.6 Å². The molecule has 0 aliphatic rings. The van der Waals surface area contributed by atoms with Crippen LogP contribution in [0.4, 0.5) is 0 Å². The van der Waals surface area contributed by atoms with E-state index in [4.69, 9.17) is 9.15 Å². The van der Waals surface area contributed by atoms with E-state index in [1.54, 1.807) is 19.2 Å². The topological polar surface area (TPSA) is 80.6 Å². The standard InChI is InChI=1S/C12H18N2O4S/c1-17-7-8-19-9-11(15)13-4-5-14-12(16)10-3-2-6-18-10/h2-3,6H,4-5,7-9H2,1H3,(H,13,15)(H,14,16). The Morgan fingerprint density at radius 3 is 2.84 bits per heavy atom. The Kier molecular flexibility index (Phi) is 7.76. The molecule has 1 rings (SSSR count).